The van der Waals surface area contributed by atoms with Crippen LogP contribution in [-0.4, -0.2) is 72.6 Å². The number of piperazine rings is 1. The number of para-hydroxylation sites is 2. The Morgan fingerprint density at radius 2 is 1.82 bits per heavy atom. The molecule has 0 aliphatic carbocycles. The Balaban J connectivity index is 1.32. The van der Waals surface area contributed by atoms with Crippen molar-refractivity contribution in [3.63, 3.8) is 0 Å². The van der Waals surface area contributed by atoms with Gasteiger partial charge in [-0.2, -0.15) is 5.10 Å². The van der Waals surface area contributed by atoms with Gasteiger partial charge >= 0.3 is 0 Å². The highest BCUT2D eigenvalue weighted by molar-refractivity contribution is 6.00. The van der Waals surface area contributed by atoms with Gasteiger partial charge in [0.2, 0.25) is 11.8 Å². The summed E-state index contributed by atoms with van der Waals surface area (Å²) in [6.07, 6.45) is 5.64. The number of hydrogen-bond donors (Lipinski definition) is 1. The lowest BCUT2D eigenvalue weighted by molar-refractivity contribution is -0.161. The molecule has 2 fully saturated rings. The highest BCUT2D eigenvalue weighted by Crippen LogP contribution is 2.35. The van der Waals surface area contributed by atoms with Crippen molar-refractivity contribution in [1.29, 1.82) is 0 Å². The molecule has 2 aromatic heterocycles. The molecule has 1 spiro atoms. The first-order valence-corrected chi connectivity index (χ1v) is 14.4. The van der Waals surface area contributed by atoms with E-state index >= 15 is 0 Å². The number of nitrogens with one attached hydrogen (secondary N) is 1. The molecule has 0 bridgehead atoms. The second-order valence-electron chi connectivity index (χ2n) is 11.6. The maximum absolute atomic E-state index is 13.6. The number of benzene rings is 1. The fourth-order valence-corrected chi connectivity index (χ4v) is 6.13. The summed E-state index contributed by atoms with van der Waals surface area (Å²) >= 11 is 0. The van der Waals surface area contributed by atoms with E-state index in [1.54, 1.807) is 6.20 Å². The first-order valence-electron chi connectivity index (χ1n) is 14.4. The molecule has 2 saturated heterocycles. The Morgan fingerprint density at radius 3 is 2.51 bits per heavy atom. The van der Waals surface area contributed by atoms with Crippen molar-refractivity contribution in [2.45, 2.75) is 84.8 Å². The van der Waals surface area contributed by atoms with Gasteiger partial charge in [0.1, 0.15) is 11.6 Å². The van der Waals surface area contributed by atoms with Gasteiger partial charge in [0.25, 0.3) is 0 Å². The van der Waals surface area contributed by atoms with Crippen molar-refractivity contribution < 1.29 is 9.59 Å². The van der Waals surface area contributed by atoms with Crippen LogP contribution in [0.3, 0.4) is 0 Å². The number of hydrogen-bond acceptors (Lipinski definition) is 6. The molecule has 1 atom stereocenters. The molecule has 2 aliphatic rings. The van der Waals surface area contributed by atoms with E-state index in [0.717, 1.165) is 54.9 Å². The molecule has 2 amide bonds. The lowest BCUT2D eigenvalue weighted by atomic mass is 9.80. The average molecular weight is 532 g/mol. The molecule has 4 heterocycles. The van der Waals surface area contributed by atoms with Gasteiger partial charge in [-0.05, 0) is 57.6 Å². The Bertz CT molecular complexity index is 1360. The van der Waals surface area contributed by atoms with Gasteiger partial charge in [-0.15, -0.1) is 0 Å². The fraction of sp³-hybridized carbons (Fsp3) is 0.567. The van der Waals surface area contributed by atoms with Gasteiger partial charge in [0.05, 0.1) is 22.9 Å². The highest BCUT2D eigenvalue weighted by Gasteiger charge is 2.53. The third-order valence-corrected chi connectivity index (χ3v) is 8.41. The van der Waals surface area contributed by atoms with Crippen LogP contribution in [0.4, 0.5) is 0 Å². The molecule has 0 saturated carbocycles. The molecule has 5 rings (SSSR count). The van der Waals surface area contributed by atoms with Crippen LogP contribution in [0.2, 0.25) is 0 Å². The molecule has 39 heavy (non-hydrogen) atoms. The Morgan fingerprint density at radius 1 is 1.10 bits per heavy atom. The van der Waals surface area contributed by atoms with Crippen LogP contribution in [0.15, 0.2) is 30.5 Å². The molecule has 1 N–H and O–H groups in total. The quantitative estimate of drug-likeness (QED) is 0.473. The molecular weight excluding hydrogens is 490 g/mol. The second kappa shape index (κ2) is 11.0. The zero-order valence-corrected chi connectivity index (χ0v) is 23.9. The van der Waals surface area contributed by atoms with Crippen LogP contribution in [0, 0.1) is 19.8 Å². The second-order valence-corrected chi connectivity index (χ2v) is 11.6. The first kappa shape index (κ1) is 27.2. The third-order valence-electron chi connectivity index (χ3n) is 8.41. The van der Waals surface area contributed by atoms with E-state index in [4.69, 9.17) is 10.1 Å². The van der Waals surface area contributed by atoms with Crippen LogP contribution >= 0.6 is 0 Å². The van der Waals surface area contributed by atoms with Gasteiger partial charge in [-0.3, -0.25) is 19.5 Å². The van der Waals surface area contributed by atoms with Gasteiger partial charge < -0.3 is 10.2 Å². The lowest BCUT2D eigenvalue weighted by Crippen LogP contribution is -2.73. The summed E-state index contributed by atoms with van der Waals surface area (Å²) in [6, 6.07) is 7.43. The van der Waals surface area contributed by atoms with Gasteiger partial charge in [-0.1, -0.05) is 39.3 Å². The van der Waals surface area contributed by atoms with Crippen molar-refractivity contribution in [3.8, 4) is 5.82 Å². The Labute approximate surface area is 231 Å². The van der Waals surface area contributed by atoms with E-state index in [-0.39, 0.29) is 11.8 Å². The summed E-state index contributed by atoms with van der Waals surface area (Å²) in [5.74, 6) is 1.17. The van der Waals surface area contributed by atoms with Crippen molar-refractivity contribution >= 4 is 22.8 Å². The van der Waals surface area contributed by atoms with E-state index in [1.165, 1.54) is 5.56 Å². The maximum atomic E-state index is 13.6. The summed E-state index contributed by atoms with van der Waals surface area (Å²) in [7, 11) is 0. The summed E-state index contributed by atoms with van der Waals surface area (Å²) < 4.78 is 1.88. The zero-order chi connectivity index (χ0) is 27.7. The van der Waals surface area contributed by atoms with Crippen LogP contribution in [0.1, 0.15) is 69.8 Å². The molecule has 9 heteroatoms. The minimum atomic E-state index is -0.745. The number of likely N-dealkylation sites (tertiary alicyclic amines) is 1. The molecule has 208 valence electrons. The van der Waals surface area contributed by atoms with Crippen molar-refractivity contribution in [3.05, 3.63) is 47.4 Å². The van der Waals surface area contributed by atoms with Crippen LogP contribution in [0.25, 0.3) is 16.9 Å². The SMILES string of the molecule is CCCCN1C(=O)C(CC(C)C)NC(=O)C12CCN(Cc1c(C)nn(-c3cnc4ccccc4n3)c1C)CC2. The third kappa shape index (κ3) is 5.16. The minimum Gasteiger partial charge on any atom is -0.342 e. The first-order chi connectivity index (χ1) is 18.7. The van der Waals surface area contributed by atoms with Crippen molar-refractivity contribution in [1.82, 2.24) is 34.9 Å². The topological polar surface area (TPSA) is 96.2 Å². The number of carbonyl (C=O) groups excluding carboxylic acids is 2. The standard InChI is InChI=1S/C30H41N7O2/c1-6-7-14-36-28(38)26(17-20(2)3)33-29(39)30(36)12-15-35(16-13-30)19-23-21(4)34-37(22(23)5)27-18-31-24-10-8-9-11-25(24)32-27/h8-11,18,20,26H,6-7,12-17,19H2,1-5H3,(H,33,39). The minimum absolute atomic E-state index is 0.0264. The Hall–Kier alpha value is -3.33. The van der Waals surface area contributed by atoms with Gasteiger partial charge in [0.15, 0.2) is 5.82 Å². The predicted octanol–water partition coefficient (Wildman–Crippen LogP) is 3.94. The molecule has 1 aromatic carbocycles. The number of amides is 2. The van der Waals surface area contributed by atoms with Crippen molar-refractivity contribution in [2.75, 3.05) is 19.6 Å². The molecule has 3 aromatic rings. The Kier molecular flexibility index (Phi) is 7.71. The summed E-state index contributed by atoms with van der Waals surface area (Å²) in [4.78, 5) is 40.8. The van der Waals surface area contributed by atoms with Crippen LogP contribution in [0.5, 0.6) is 0 Å². The zero-order valence-electron chi connectivity index (χ0n) is 23.9. The smallest absolute Gasteiger partial charge is 0.246 e. The maximum Gasteiger partial charge on any atom is 0.246 e. The van der Waals surface area contributed by atoms with Crippen molar-refractivity contribution in [2.24, 2.45) is 5.92 Å². The number of aromatic nitrogens is 4. The monoisotopic (exact) mass is 531 g/mol. The number of rotatable bonds is 8. The largest absolute Gasteiger partial charge is 0.342 e. The molecular formula is C30H41N7O2. The number of piperidine rings is 1. The summed E-state index contributed by atoms with van der Waals surface area (Å²) in [6.45, 7) is 13.3. The number of unbranched alkanes of at least 4 members (excludes halogenated alkanes) is 1. The predicted molar refractivity (Wildman–Crippen MR) is 151 cm³/mol. The molecule has 0 radical (unpaired) electrons. The van der Waals surface area contributed by atoms with Gasteiger partial charge in [-0.25, -0.2) is 9.67 Å². The normalized spacial score (nSPS) is 19.8. The molecule has 9 nitrogen and oxygen atoms in total. The van der Waals surface area contributed by atoms with E-state index in [0.29, 0.717) is 37.5 Å². The van der Waals surface area contributed by atoms with Gasteiger partial charge in [0, 0.05) is 37.4 Å². The number of carbonyl (C=O) groups is 2. The summed E-state index contributed by atoms with van der Waals surface area (Å²) in [5.41, 5.74) is 4.14. The average Bonchev–Trinajstić information content (AvgIpc) is 3.20. The fourth-order valence-electron chi connectivity index (χ4n) is 6.13. The van der Waals surface area contributed by atoms with Crippen LogP contribution < -0.4 is 5.32 Å². The van der Waals surface area contributed by atoms with E-state index in [2.05, 4.69) is 42.9 Å². The lowest BCUT2D eigenvalue weighted by Gasteiger charge is -2.52. The number of nitrogens with zero attached hydrogens (tertiary/aromatic N) is 6. The number of aryl methyl sites for hydroxylation is 1. The number of fused-ring (bicyclic) bond motifs is 1. The van der Waals surface area contributed by atoms with E-state index < -0.39 is 11.6 Å². The van der Waals surface area contributed by atoms with E-state index in [1.807, 2.05) is 40.8 Å². The molecule has 2 aliphatic heterocycles. The highest BCUT2D eigenvalue weighted by atomic mass is 16.2. The summed E-state index contributed by atoms with van der Waals surface area (Å²) in [5, 5.41) is 7.91. The van der Waals surface area contributed by atoms with Crippen LogP contribution in [-0.2, 0) is 16.1 Å². The molecule has 1 unspecified atom stereocenters. The van der Waals surface area contributed by atoms with E-state index in [9.17, 15) is 9.59 Å².